The molecule has 5 amide bonds. The predicted molar refractivity (Wildman–Crippen MR) is 184 cm³/mol. The van der Waals surface area contributed by atoms with Crippen LogP contribution in [-0.2, 0) is 47.3 Å². The molecule has 1 fully saturated rings. The highest BCUT2D eigenvalue weighted by Gasteiger charge is 2.32. The second kappa shape index (κ2) is 27.3. The molecule has 3 unspecified atom stereocenters. The van der Waals surface area contributed by atoms with Gasteiger partial charge in [-0.15, -0.1) is 0 Å². The van der Waals surface area contributed by atoms with Gasteiger partial charge in [0, 0.05) is 45.1 Å². The van der Waals surface area contributed by atoms with Gasteiger partial charge in [-0.2, -0.15) is 0 Å². The average Bonchev–Trinajstić information content (AvgIpc) is 3.07. The fourth-order valence-electron chi connectivity index (χ4n) is 4.94. The lowest BCUT2D eigenvalue weighted by atomic mass is 9.86. The molecular formula is C30H56N5O13PS. The number of aliphatic hydroxyl groups excluding tert-OH is 3. The normalized spacial score (nSPS) is 18.3. The van der Waals surface area contributed by atoms with Gasteiger partial charge >= 0.3 is 0 Å². The molecule has 0 saturated heterocycles. The molecule has 0 aromatic rings. The Morgan fingerprint density at radius 2 is 1.12 bits per heavy atom. The van der Waals surface area contributed by atoms with Gasteiger partial charge in [0.1, 0.15) is 12.1 Å². The molecule has 20 heteroatoms. The Morgan fingerprint density at radius 1 is 0.680 bits per heavy atom. The van der Waals surface area contributed by atoms with Crippen molar-refractivity contribution in [3.8, 4) is 0 Å². The van der Waals surface area contributed by atoms with Gasteiger partial charge < -0.3 is 60.6 Å². The Morgan fingerprint density at radius 3 is 1.58 bits per heavy atom. The van der Waals surface area contributed by atoms with Gasteiger partial charge in [-0.1, -0.05) is 12.2 Å². The van der Waals surface area contributed by atoms with Crippen molar-refractivity contribution < 1.29 is 62.6 Å². The van der Waals surface area contributed by atoms with E-state index in [4.69, 9.17) is 34.1 Å². The van der Waals surface area contributed by atoms with Crippen LogP contribution in [0.1, 0.15) is 51.4 Å². The number of amides is 5. The Labute approximate surface area is 298 Å². The summed E-state index contributed by atoms with van der Waals surface area (Å²) in [5.41, 5.74) is 0. The van der Waals surface area contributed by atoms with Crippen LogP contribution in [0.3, 0.4) is 0 Å². The SMILES string of the molecule is CP(=O)(S)O[C@H]1CC[C@@H](C(=O)NC(CCC(=O)NC(CCC(=O)NCCOCCO)C(=O)NCCOCCO)C(=O)NCCOCCO)CC1. The molecule has 0 aliphatic heterocycles. The summed E-state index contributed by atoms with van der Waals surface area (Å²) in [5.74, 6) is -2.88. The van der Waals surface area contributed by atoms with E-state index in [1.807, 2.05) is 0 Å². The van der Waals surface area contributed by atoms with Crippen LogP contribution in [0, 0.1) is 5.92 Å². The van der Waals surface area contributed by atoms with E-state index in [-0.39, 0.29) is 123 Å². The van der Waals surface area contributed by atoms with Gasteiger partial charge in [0.25, 0.3) is 6.57 Å². The number of ether oxygens (including phenoxy) is 3. The summed E-state index contributed by atoms with van der Waals surface area (Å²) < 4.78 is 32.8. The van der Waals surface area contributed by atoms with Crippen molar-refractivity contribution in [1.82, 2.24) is 26.6 Å². The summed E-state index contributed by atoms with van der Waals surface area (Å²) >= 11 is 3.97. The lowest BCUT2D eigenvalue weighted by Gasteiger charge is -2.29. The highest BCUT2D eigenvalue weighted by atomic mass is 32.7. The number of rotatable bonds is 28. The molecule has 0 aromatic carbocycles. The fourth-order valence-corrected chi connectivity index (χ4v) is 6.11. The maximum absolute atomic E-state index is 13.2. The van der Waals surface area contributed by atoms with E-state index in [0.717, 1.165) is 0 Å². The number of nitrogens with one attached hydrogen (secondary N) is 5. The van der Waals surface area contributed by atoms with Crippen LogP contribution in [0.2, 0.25) is 0 Å². The van der Waals surface area contributed by atoms with Crippen LogP contribution in [0.25, 0.3) is 0 Å². The van der Waals surface area contributed by atoms with Crippen LogP contribution in [0.15, 0.2) is 0 Å². The number of carbonyl (C=O) groups is 5. The van der Waals surface area contributed by atoms with Gasteiger partial charge in [-0.25, -0.2) is 0 Å². The molecular weight excluding hydrogens is 701 g/mol. The standard InChI is InChI=1S/C30H56N5O13PS/c1-49(44,50)48-23-4-2-22(3-5-23)28(41)35-25(30(43)33-12-18-47-21-15-38)7-9-27(40)34-24(29(42)32-11-17-46-20-14-37)6-8-26(39)31-10-16-45-19-13-36/h22-25,36-38H,2-21H2,1H3,(H,31,39)(H,32,42)(H,33,43)(H,34,40)(H,35,41)(H,44,50)/t22-,23+,24?,25?,49?. The Hall–Kier alpha value is -2.35. The number of aliphatic hydroxyl groups is 3. The number of hydrogen-bond donors (Lipinski definition) is 9. The van der Waals surface area contributed by atoms with E-state index >= 15 is 0 Å². The number of hydrogen-bond acceptors (Lipinski definition) is 13. The maximum atomic E-state index is 13.2. The summed E-state index contributed by atoms with van der Waals surface area (Å²) in [6.45, 7) is -0.960. The largest absolute Gasteiger partial charge is 0.394 e. The zero-order valence-corrected chi connectivity index (χ0v) is 30.6. The topological polar surface area (TPSA) is 260 Å². The van der Waals surface area contributed by atoms with Crippen molar-refractivity contribution >= 4 is 48.4 Å². The highest BCUT2D eigenvalue weighted by Crippen LogP contribution is 2.50. The zero-order valence-electron chi connectivity index (χ0n) is 28.8. The summed E-state index contributed by atoms with van der Waals surface area (Å²) in [6, 6.07) is -2.20. The zero-order chi connectivity index (χ0) is 37.2. The number of thiol groups is 1. The van der Waals surface area contributed by atoms with Crippen molar-refractivity contribution in [2.45, 2.75) is 69.6 Å². The summed E-state index contributed by atoms with van der Waals surface area (Å²) in [5, 5.41) is 39.8. The van der Waals surface area contributed by atoms with E-state index in [1.165, 1.54) is 6.66 Å². The lowest BCUT2D eigenvalue weighted by Crippen LogP contribution is -2.51. The maximum Gasteiger partial charge on any atom is 0.252 e. The third-order valence-corrected chi connectivity index (χ3v) is 8.33. The minimum atomic E-state index is -2.99. The van der Waals surface area contributed by atoms with E-state index in [1.54, 1.807) is 0 Å². The molecule has 8 N–H and O–H groups in total. The predicted octanol–water partition coefficient (Wildman–Crippen LogP) is -1.78. The first-order chi connectivity index (χ1) is 23.9. The number of carbonyl (C=O) groups excluding carboxylic acids is 5. The van der Waals surface area contributed by atoms with Crippen molar-refractivity contribution in [3.63, 3.8) is 0 Å². The molecule has 0 heterocycles. The molecule has 0 bridgehead atoms. The molecule has 0 radical (unpaired) electrons. The molecule has 0 spiro atoms. The Bertz CT molecular complexity index is 1060. The van der Waals surface area contributed by atoms with Crippen molar-refractivity contribution in [3.05, 3.63) is 0 Å². The smallest absolute Gasteiger partial charge is 0.252 e. The summed E-state index contributed by atoms with van der Waals surface area (Å²) in [6.07, 6.45) is 1.09. The minimum Gasteiger partial charge on any atom is -0.394 e. The molecule has 50 heavy (non-hydrogen) atoms. The second-order valence-corrected chi connectivity index (χ2v) is 15.6. The van der Waals surface area contributed by atoms with Gasteiger partial charge in [0.05, 0.1) is 65.6 Å². The first-order valence-electron chi connectivity index (χ1n) is 16.9. The first-order valence-corrected chi connectivity index (χ1v) is 20.1. The fraction of sp³-hybridized carbons (Fsp3) is 0.833. The molecule has 1 saturated carbocycles. The van der Waals surface area contributed by atoms with Gasteiger partial charge in [0.15, 0.2) is 0 Å². The van der Waals surface area contributed by atoms with Crippen LogP contribution in [-0.4, -0.2) is 149 Å². The highest BCUT2D eigenvalue weighted by molar-refractivity contribution is 8.46. The Kier molecular flexibility index (Phi) is 25.0. The molecule has 1 rings (SSSR count). The van der Waals surface area contributed by atoms with E-state index in [2.05, 4.69) is 38.8 Å². The molecule has 290 valence electrons. The lowest BCUT2D eigenvalue weighted by molar-refractivity contribution is -0.133. The molecule has 1 aliphatic rings. The van der Waals surface area contributed by atoms with E-state index in [0.29, 0.717) is 25.7 Å². The molecule has 0 aromatic heterocycles. The average molecular weight is 758 g/mol. The monoisotopic (exact) mass is 757 g/mol. The van der Waals surface area contributed by atoms with E-state index < -0.39 is 42.3 Å². The first kappa shape index (κ1) is 45.7. The van der Waals surface area contributed by atoms with Gasteiger partial charge in [-0.3, -0.25) is 28.5 Å². The van der Waals surface area contributed by atoms with Crippen molar-refractivity contribution in [1.29, 1.82) is 0 Å². The van der Waals surface area contributed by atoms with Crippen molar-refractivity contribution in [2.24, 2.45) is 5.92 Å². The molecule has 3 atom stereocenters. The summed E-state index contributed by atoms with van der Waals surface area (Å²) in [4.78, 5) is 64.6. The second-order valence-electron chi connectivity index (χ2n) is 11.6. The van der Waals surface area contributed by atoms with Crippen LogP contribution in [0.5, 0.6) is 0 Å². The van der Waals surface area contributed by atoms with Crippen LogP contribution >= 0.6 is 18.8 Å². The van der Waals surface area contributed by atoms with Crippen LogP contribution in [0.4, 0.5) is 0 Å². The van der Waals surface area contributed by atoms with Crippen LogP contribution < -0.4 is 26.6 Å². The van der Waals surface area contributed by atoms with Gasteiger partial charge in [0.2, 0.25) is 29.5 Å². The quantitative estimate of drug-likeness (QED) is 0.0243. The molecule has 18 nitrogen and oxygen atoms in total. The minimum absolute atomic E-state index is 0.0417. The molecule has 1 aliphatic carbocycles. The van der Waals surface area contributed by atoms with Gasteiger partial charge in [-0.05, 0) is 38.5 Å². The third-order valence-electron chi connectivity index (χ3n) is 7.36. The van der Waals surface area contributed by atoms with Crippen molar-refractivity contribution in [2.75, 3.05) is 85.8 Å². The van der Waals surface area contributed by atoms with E-state index in [9.17, 15) is 28.5 Å². The third kappa shape index (κ3) is 22.5. The summed E-state index contributed by atoms with van der Waals surface area (Å²) in [7, 11) is 0. The Balaban J connectivity index is 2.84.